The van der Waals surface area contributed by atoms with E-state index in [-0.39, 0.29) is 18.6 Å². The van der Waals surface area contributed by atoms with Gasteiger partial charge in [0.05, 0.1) is 28.3 Å². The standard InChI is InChI=1S/C45H43Cl3N4O6/c1-56-41-29(23-49-21-26-8-10-31(53)19-26)9-12-38(51-41)36-7-3-6-35(40(36)48)32-4-2-5-34-33(32)11-13-39(34)58-43-37(47)20-28(14-15-45(16-17-45)44(54)55)42(52-43)57-25-27-18-30(46)24-50-22-27/h2-7,9,12,18,20,22,24,26,39,49H,8,10-11,13-17,19,21,23,25H2,1H3,(H,54,55)/t26-,39+/m1/s1. The van der Waals surface area contributed by atoms with Gasteiger partial charge in [0, 0.05) is 59.6 Å². The fourth-order valence-electron chi connectivity index (χ4n) is 8.13. The van der Waals surface area contributed by atoms with Crippen molar-refractivity contribution in [3.05, 3.63) is 116 Å². The highest BCUT2D eigenvalue weighted by Crippen LogP contribution is 2.50. The van der Waals surface area contributed by atoms with Crippen LogP contribution in [0.25, 0.3) is 22.4 Å². The Balaban J connectivity index is 1.02. The molecule has 2 fully saturated rings. The second-order valence-electron chi connectivity index (χ2n) is 15.5. The molecule has 2 aromatic carbocycles. The molecule has 13 heteroatoms. The van der Waals surface area contributed by atoms with E-state index in [1.165, 1.54) is 0 Å². The molecule has 0 spiro atoms. The number of carbonyl (C=O) groups is 2. The number of aryl methyl sites for hydroxylation is 1. The van der Waals surface area contributed by atoms with Gasteiger partial charge in [0.1, 0.15) is 23.5 Å². The Morgan fingerprint density at radius 3 is 2.48 bits per heavy atom. The van der Waals surface area contributed by atoms with Gasteiger partial charge in [-0.1, -0.05) is 77.3 Å². The molecule has 0 amide bonds. The number of ketones is 1. The number of carboxylic acids is 1. The van der Waals surface area contributed by atoms with E-state index in [0.29, 0.717) is 101 Å². The Hall–Kier alpha value is -4.74. The molecule has 2 saturated carbocycles. The van der Waals surface area contributed by atoms with Crippen LogP contribution in [-0.2, 0) is 35.6 Å². The van der Waals surface area contributed by atoms with Crippen molar-refractivity contribution in [2.75, 3.05) is 13.7 Å². The first kappa shape index (κ1) is 40.1. The number of carboxylic acid groups (broad SMARTS) is 1. The van der Waals surface area contributed by atoms with E-state index in [2.05, 4.69) is 22.4 Å². The molecule has 3 heterocycles. The number of aromatic nitrogens is 3. The molecule has 3 aromatic heterocycles. The number of hydrogen-bond donors (Lipinski definition) is 2. The van der Waals surface area contributed by atoms with E-state index in [1.54, 1.807) is 31.6 Å². The fourth-order valence-corrected chi connectivity index (χ4v) is 8.87. The number of ether oxygens (including phenoxy) is 3. The molecule has 0 unspecified atom stereocenters. The Morgan fingerprint density at radius 1 is 0.914 bits per heavy atom. The number of carbonyl (C=O) groups excluding carboxylic acids is 1. The molecular formula is C45H43Cl3N4O6. The second-order valence-corrected chi connectivity index (χ2v) is 16.7. The second kappa shape index (κ2) is 17.2. The fraction of sp³-hybridized carbons (Fsp3) is 0.356. The van der Waals surface area contributed by atoms with E-state index in [0.717, 1.165) is 58.3 Å². The van der Waals surface area contributed by atoms with Crippen LogP contribution in [0.3, 0.4) is 0 Å². The Morgan fingerprint density at radius 2 is 1.72 bits per heavy atom. The monoisotopic (exact) mass is 840 g/mol. The van der Waals surface area contributed by atoms with Crippen LogP contribution in [0.15, 0.2) is 73.1 Å². The van der Waals surface area contributed by atoms with Gasteiger partial charge < -0.3 is 24.6 Å². The average molecular weight is 842 g/mol. The summed E-state index contributed by atoms with van der Waals surface area (Å²) in [6.45, 7) is 1.52. The van der Waals surface area contributed by atoms with Crippen LogP contribution in [0.2, 0.25) is 15.1 Å². The first-order chi connectivity index (χ1) is 28.1. The van der Waals surface area contributed by atoms with Gasteiger partial charge in [0.15, 0.2) is 0 Å². The largest absolute Gasteiger partial charge is 0.481 e. The van der Waals surface area contributed by atoms with Crippen LogP contribution in [0.4, 0.5) is 0 Å². The first-order valence-corrected chi connectivity index (χ1v) is 20.7. The zero-order chi connectivity index (χ0) is 40.4. The molecule has 8 rings (SSSR count). The summed E-state index contributed by atoms with van der Waals surface area (Å²) in [6.07, 6.45) is 8.78. The lowest BCUT2D eigenvalue weighted by atomic mass is 9.94. The summed E-state index contributed by atoms with van der Waals surface area (Å²) >= 11 is 20.2. The van der Waals surface area contributed by atoms with Gasteiger partial charge in [-0.05, 0) is 92.3 Å². The summed E-state index contributed by atoms with van der Waals surface area (Å²) in [4.78, 5) is 37.4. The summed E-state index contributed by atoms with van der Waals surface area (Å²) < 4.78 is 18.5. The van der Waals surface area contributed by atoms with E-state index >= 15 is 0 Å². The lowest BCUT2D eigenvalue weighted by molar-refractivity contribution is -0.143. The van der Waals surface area contributed by atoms with Crippen LogP contribution in [0.1, 0.15) is 78.9 Å². The quantitative estimate of drug-likeness (QED) is 0.0989. The number of rotatable bonds is 16. The third kappa shape index (κ3) is 8.66. The van der Waals surface area contributed by atoms with E-state index < -0.39 is 11.4 Å². The molecule has 10 nitrogen and oxygen atoms in total. The van der Waals surface area contributed by atoms with E-state index in [1.807, 2.05) is 36.4 Å². The lowest BCUT2D eigenvalue weighted by Gasteiger charge is -2.19. The molecule has 0 saturated heterocycles. The van der Waals surface area contributed by atoms with Gasteiger partial charge in [-0.15, -0.1) is 0 Å². The molecule has 3 aliphatic carbocycles. The number of aliphatic carboxylic acids is 1. The zero-order valence-electron chi connectivity index (χ0n) is 32.0. The number of fused-ring (bicyclic) bond motifs is 1. The van der Waals surface area contributed by atoms with Crippen LogP contribution < -0.4 is 19.5 Å². The number of nitrogens with one attached hydrogen (secondary N) is 1. The maximum Gasteiger partial charge on any atom is 0.309 e. The Bertz CT molecular complexity index is 2370. The smallest absolute Gasteiger partial charge is 0.309 e. The van der Waals surface area contributed by atoms with E-state index in [4.69, 9.17) is 59.0 Å². The SMILES string of the molecule is COc1nc(-c2cccc(-c3cccc4c3CC[C@@H]4Oc3nc(OCc4cncc(Cl)c4)c(CCC4(C(=O)O)CC4)cc3Cl)c2Cl)ccc1CNC[C@@H]1CCC(=O)C1. The van der Waals surface area contributed by atoms with Gasteiger partial charge in [-0.3, -0.25) is 14.6 Å². The molecule has 2 N–H and O–H groups in total. The Kier molecular flexibility index (Phi) is 11.9. The van der Waals surface area contributed by atoms with Crippen molar-refractivity contribution in [2.24, 2.45) is 11.3 Å². The minimum absolute atomic E-state index is 0.155. The zero-order valence-corrected chi connectivity index (χ0v) is 34.3. The summed E-state index contributed by atoms with van der Waals surface area (Å²) in [6, 6.07) is 19.6. The Labute approximate surface area is 352 Å². The lowest BCUT2D eigenvalue weighted by Crippen LogP contribution is -2.21. The molecule has 2 atom stereocenters. The molecule has 0 bridgehead atoms. The average Bonchev–Trinajstić information content (AvgIpc) is 3.75. The highest BCUT2D eigenvalue weighted by Gasteiger charge is 2.49. The number of hydrogen-bond acceptors (Lipinski definition) is 9. The number of Topliss-reactive ketones (excluding diaryl/α,β-unsaturated/α-hetero) is 1. The van der Waals surface area contributed by atoms with Crippen LogP contribution in [-0.4, -0.2) is 45.5 Å². The molecule has 0 aliphatic heterocycles. The van der Waals surface area contributed by atoms with Crippen molar-refractivity contribution < 1.29 is 28.9 Å². The minimum Gasteiger partial charge on any atom is -0.481 e. The molecule has 3 aliphatic rings. The number of methoxy groups -OCH3 is 1. The summed E-state index contributed by atoms with van der Waals surface area (Å²) in [5.41, 5.74) is 7.22. The minimum atomic E-state index is -0.781. The van der Waals surface area contributed by atoms with Gasteiger partial charge >= 0.3 is 5.97 Å². The van der Waals surface area contributed by atoms with Crippen LogP contribution >= 0.6 is 34.8 Å². The van der Waals surface area contributed by atoms with Crippen molar-refractivity contribution in [1.29, 1.82) is 0 Å². The highest BCUT2D eigenvalue weighted by atomic mass is 35.5. The number of nitrogens with zero attached hydrogens (tertiary/aromatic N) is 3. The maximum atomic E-state index is 11.9. The summed E-state index contributed by atoms with van der Waals surface area (Å²) in [7, 11) is 1.62. The molecule has 58 heavy (non-hydrogen) atoms. The van der Waals surface area contributed by atoms with Crippen molar-refractivity contribution in [3.63, 3.8) is 0 Å². The first-order valence-electron chi connectivity index (χ1n) is 19.6. The third-order valence-corrected chi connectivity index (χ3v) is 12.4. The molecule has 0 radical (unpaired) electrons. The number of halogens is 3. The van der Waals surface area contributed by atoms with Crippen LogP contribution in [0, 0.1) is 11.3 Å². The topological polar surface area (TPSA) is 133 Å². The predicted molar refractivity (Wildman–Crippen MR) is 223 cm³/mol. The van der Waals surface area contributed by atoms with Crippen molar-refractivity contribution >= 4 is 46.6 Å². The summed E-state index contributed by atoms with van der Waals surface area (Å²) in [5.74, 6) is 1.03. The third-order valence-electron chi connectivity index (χ3n) is 11.6. The summed E-state index contributed by atoms with van der Waals surface area (Å²) in [5, 5.41) is 14.7. The molecule has 5 aromatic rings. The van der Waals surface area contributed by atoms with Gasteiger partial charge in [0.25, 0.3) is 0 Å². The highest BCUT2D eigenvalue weighted by molar-refractivity contribution is 6.36. The number of benzene rings is 2. The van der Waals surface area contributed by atoms with Gasteiger partial charge in [-0.2, -0.15) is 4.98 Å². The normalized spacial score (nSPS) is 17.9. The van der Waals surface area contributed by atoms with Crippen molar-refractivity contribution in [3.8, 4) is 40.0 Å². The number of pyridine rings is 3. The van der Waals surface area contributed by atoms with Gasteiger partial charge in [-0.25, -0.2) is 4.98 Å². The van der Waals surface area contributed by atoms with E-state index in [9.17, 15) is 14.7 Å². The van der Waals surface area contributed by atoms with Crippen molar-refractivity contribution in [2.45, 2.75) is 77.0 Å². The van der Waals surface area contributed by atoms with Crippen LogP contribution in [0.5, 0.6) is 17.6 Å². The maximum absolute atomic E-state index is 11.9. The molecule has 300 valence electrons. The molecular weight excluding hydrogens is 799 g/mol. The van der Waals surface area contributed by atoms with Crippen molar-refractivity contribution in [1.82, 2.24) is 20.3 Å². The van der Waals surface area contributed by atoms with Gasteiger partial charge in [0.2, 0.25) is 17.6 Å². The predicted octanol–water partition coefficient (Wildman–Crippen LogP) is 10.1.